The van der Waals surface area contributed by atoms with E-state index in [0.717, 1.165) is 44.9 Å². The molecule has 2 unspecified atom stereocenters. The molecule has 0 saturated heterocycles. The number of allylic oxidation sites excluding steroid dienone is 6. The number of phosphoric acid groups is 1. The topological polar surface area (TPSA) is 108 Å². The van der Waals surface area contributed by atoms with E-state index in [1.165, 1.54) is 250 Å². The van der Waals surface area contributed by atoms with Gasteiger partial charge in [0.05, 0.1) is 27.7 Å². The van der Waals surface area contributed by atoms with Crippen LogP contribution in [0.1, 0.15) is 328 Å². The van der Waals surface area contributed by atoms with Crippen molar-refractivity contribution < 1.29 is 42.1 Å². The zero-order chi connectivity index (χ0) is 56.3. The highest BCUT2D eigenvalue weighted by atomic mass is 31.2. The molecule has 0 saturated carbocycles. The van der Waals surface area contributed by atoms with Crippen LogP contribution in [0.5, 0.6) is 0 Å². The lowest BCUT2D eigenvalue weighted by Crippen LogP contribution is -2.37. The van der Waals surface area contributed by atoms with E-state index in [2.05, 4.69) is 50.3 Å². The summed E-state index contributed by atoms with van der Waals surface area (Å²) < 4.78 is 34.7. The first-order chi connectivity index (χ1) is 37.5. The van der Waals surface area contributed by atoms with Crippen molar-refractivity contribution >= 4 is 19.8 Å². The molecule has 9 nitrogen and oxygen atoms in total. The van der Waals surface area contributed by atoms with Crippen LogP contribution in [0.3, 0.4) is 0 Å². The van der Waals surface area contributed by atoms with Crippen LogP contribution in [0.4, 0.5) is 0 Å². The third-order valence-electron chi connectivity index (χ3n) is 14.9. The molecule has 77 heavy (non-hydrogen) atoms. The summed E-state index contributed by atoms with van der Waals surface area (Å²) in [5.41, 5.74) is 0. The van der Waals surface area contributed by atoms with Crippen molar-refractivity contribution in [1.82, 2.24) is 0 Å². The predicted octanol–water partition coefficient (Wildman–Crippen LogP) is 21.1. The average molecular weight is 1110 g/mol. The molecule has 0 aliphatic carbocycles. The van der Waals surface area contributed by atoms with Crippen LogP contribution in [0.25, 0.3) is 0 Å². The molecule has 0 aliphatic rings. The number of hydrogen-bond donors (Lipinski definition) is 1. The molecule has 1 N–H and O–H groups in total. The predicted molar refractivity (Wildman–Crippen MR) is 330 cm³/mol. The minimum atomic E-state index is -4.39. The van der Waals surface area contributed by atoms with Gasteiger partial charge in [0.15, 0.2) is 6.10 Å². The van der Waals surface area contributed by atoms with Crippen LogP contribution in [0.15, 0.2) is 36.5 Å². The zero-order valence-corrected chi connectivity index (χ0v) is 52.6. The monoisotopic (exact) mass is 1110 g/mol. The fraction of sp³-hybridized carbons (Fsp3) is 0.881. The van der Waals surface area contributed by atoms with Gasteiger partial charge in [0, 0.05) is 12.8 Å². The van der Waals surface area contributed by atoms with E-state index in [1.54, 1.807) is 0 Å². The number of phosphoric ester groups is 1. The van der Waals surface area contributed by atoms with Gasteiger partial charge in [-0.15, -0.1) is 0 Å². The fourth-order valence-corrected chi connectivity index (χ4v) is 10.5. The fourth-order valence-electron chi connectivity index (χ4n) is 9.79. The first-order valence-electron chi connectivity index (χ1n) is 33.2. The summed E-state index contributed by atoms with van der Waals surface area (Å²) in [6.45, 7) is 4.49. The third-order valence-corrected chi connectivity index (χ3v) is 15.9. The second-order valence-electron chi connectivity index (χ2n) is 23.9. The van der Waals surface area contributed by atoms with Gasteiger partial charge in [-0.2, -0.15) is 0 Å². The van der Waals surface area contributed by atoms with Crippen molar-refractivity contribution in [3.05, 3.63) is 36.5 Å². The first-order valence-corrected chi connectivity index (χ1v) is 34.7. The Morgan fingerprint density at radius 1 is 0.403 bits per heavy atom. The lowest BCUT2D eigenvalue weighted by Gasteiger charge is -2.24. The molecule has 0 aromatic heterocycles. The number of nitrogens with zero attached hydrogens (tertiary/aromatic N) is 1. The number of esters is 2. The standard InChI is InChI=1S/C67H128NO8P/c1-6-8-10-12-14-16-18-20-22-24-26-28-30-31-32-33-34-35-36-37-38-40-42-44-46-48-50-52-54-56-58-60-67(70)76-65(64-75-77(71,72)74-62-61-68(3,4)5)63-73-66(69)59-57-55-53-51-49-47-45-43-41-39-29-27-25-23-21-19-17-15-13-11-9-7-2/h18,20,24,26,30-31,65H,6-17,19,21-23,25,27-29,32-64H2,1-5H3/p+1/b20-18-,26-24-,31-30-. The maximum absolute atomic E-state index is 12.9. The number of carbonyl (C=O) groups is 2. The lowest BCUT2D eigenvalue weighted by atomic mass is 10.0. The first kappa shape index (κ1) is 75.2. The van der Waals surface area contributed by atoms with E-state index in [-0.39, 0.29) is 25.6 Å². The Hall–Kier alpha value is -1.77. The van der Waals surface area contributed by atoms with Gasteiger partial charge >= 0.3 is 19.8 Å². The number of hydrogen-bond acceptors (Lipinski definition) is 7. The Balaban J connectivity index is 4.03. The van der Waals surface area contributed by atoms with Gasteiger partial charge in [-0.3, -0.25) is 18.6 Å². The highest BCUT2D eigenvalue weighted by Gasteiger charge is 2.27. The average Bonchev–Trinajstić information content (AvgIpc) is 3.39. The van der Waals surface area contributed by atoms with Gasteiger partial charge in [-0.05, 0) is 51.4 Å². The molecule has 0 bridgehead atoms. The van der Waals surface area contributed by atoms with Gasteiger partial charge in [-0.25, -0.2) is 4.57 Å². The van der Waals surface area contributed by atoms with Crippen LogP contribution in [0, 0.1) is 0 Å². The number of quaternary nitrogens is 1. The Morgan fingerprint density at radius 3 is 1.04 bits per heavy atom. The summed E-state index contributed by atoms with van der Waals surface area (Å²) in [7, 11) is 1.49. The summed E-state index contributed by atoms with van der Waals surface area (Å²) in [6, 6.07) is 0. The molecule has 0 heterocycles. The summed E-state index contributed by atoms with van der Waals surface area (Å²) >= 11 is 0. The van der Waals surface area contributed by atoms with Crippen molar-refractivity contribution in [2.45, 2.75) is 335 Å². The van der Waals surface area contributed by atoms with E-state index in [4.69, 9.17) is 18.5 Å². The molecule has 0 radical (unpaired) electrons. The van der Waals surface area contributed by atoms with E-state index in [0.29, 0.717) is 23.9 Å². The number of unbranched alkanes of at least 4 members (excludes halogenated alkanes) is 42. The van der Waals surface area contributed by atoms with Crippen LogP contribution < -0.4 is 0 Å². The Kier molecular flexibility index (Phi) is 57.5. The van der Waals surface area contributed by atoms with Crippen molar-refractivity contribution in [2.24, 2.45) is 0 Å². The van der Waals surface area contributed by atoms with Crippen LogP contribution >= 0.6 is 7.82 Å². The molecular weight excluding hydrogens is 978 g/mol. The normalized spacial score (nSPS) is 13.4. The van der Waals surface area contributed by atoms with Crippen molar-refractivity contribution in [2.75, 3.05) is 47.5 Å². The maximum atomic E-state index is 12.9. The van der Waals surface area contributed by atoms with Gasteiger partial charge in [0.25, 0.3) is 0 Å². The van der Waals surface area contributed by atoms with Crippen molar-refractivity contribution in [3.63, 3.8) is 0 Å². The van der Waals surface area contributed by atoms with Crippen LogP contribution in [-0.2, 0) is 32.7 Å². The smallest absolute Gasteiger partial charge is 0.462 e. The van der Waals surface area contributed by atoms with Crippen molar-refractivity contribution in [3.8, 4) is 0 Å². The van der Waals surface area contributed by atoms with Crippen LogP contribution in [0.2, 0.25) is 0 Å². The van der Waals surface area contributed by atoms with Gasteiger partial charge in [0.1, 0.15) is 19.8 Å². The minimum absolute atomic E-state index is 0.0344. The molecule has 0 aliphatic heterocycles. The van der Waals surface area contributed by atoms with Crippen LogP contribution in [-0.4, -0.2) is 74.9 Å². The van der Waals surface area contributed by atoms with E-state index in [9.17, 15) is 19.0 Å². The van der Waals surface area contributed by atoms with Gasteiger partial charge in [0.2, 0.25) is 0 Å². The molecule has 0 fully saturated rings. The van der Waals surface area contributed by atoms with Gasteiger partial charge in [-0.1, -0.05) is 301 Å². The molecular formula is C67H129NO8P+. The SMILES string of the molecule is CCCCCCC/C=C\C/C=C\C/C=C\CCCCCCCCCCCCCCCCCCC(=O)OC(COC(=O)CCCCCCCCCCCCCCCCCCCCCCCC)COP(=O)(O)OCC[N+](C)(C)C. The zero-order valence-electron chi connectivity index (χ0n) is 51.7. The van der Waals surface area contributed by atoms with E-state index in [1.807, 2.05) is 21.1 Å². The molecule has 0 aromatic carbocycles. The Morgan fingerprint density at radius 2 is 0.701 bits per heavy atom. The third kappa shape index (κ3) is 63.3. The lowest BCUT2D eigenvalue weighted by molar-refractivity contribution is -0.870. The van der Waals surface area contributed by atoms with E-state index >= 15 is 0 Å². The second kappa shape index (κ2) is 58.9. The Labute approximate surface area is 478 Å². The highest BCUT2D eigenvalue weighted by molar-refractivity contribution is 7.47. The summed E-state index contributed by atoms with van der Waals surface area (Å²) in [5.74, 6) is -0.778. The quantitative estimate of drug-likeness (QED) is 0.0211. The molecule has 10 heteroatoms. The molecule has 0 rings (SSSR count). The maximum Gasteiger partial charge on any atom is 0.472 e. The minimum Gasteiger partial charge on any atom is -0.462 e. The van der Waals surface area contributed by atoms with Crippen molar-refractivity contribution in [1.29, 1.82) is 0 Å². The second-order valence-corrected chi connectivity index (χ2v) is 25.3. The summed E-state index contributed by atoms with van der Waals surface area (Å²) in [4.78, 5) is 35.8. The Bertz CT molecular complexity index is 1390. The molecule has 0 amide bonds. The molecule has 454 valence electrons. The number of carbonyl (C=O) groups excluding carboxylic acids is 2. The van der Waals surface area contributed by atoms with Gasteiger partial charge < -0.3 is 18.9 Å². The van der Waals surface area contributed by atoms with E-state index < -0.39 is 26.5 Å². The summed E-state index contributed by atoms with van der Waals surface area (Å²) in [6.07, 6.45) is 73.8. The molecule has 2 atom stereocenters. The number of likely N-dealkylation sites (N-methyl/N-ethyl adjacent to an activating group) is 1. The number of rotatable bonds is 62. The molecule has 0 aromatic rings. The highest BCUT2D eigenvalue weighted by Crippen LogP contribution is 2.43. The number of ether oxygens (including phenoxy) is 2. The largest absolute Gasteiger partial charge is 0.472 e. The molecule has 0 spiro atoms. The summed E-state index contributed by atoms with van der Waals surface area (Å²) in [5, 5.41) is 0.